The molecule has 4 aliphatic rings. The van der Waals surface area contributed by atoms with Gasteiger partial charge in [0.25, 0.3) is 11.8 Å². The molecule has 0 aliphatic carbocycles. The highest BCUT2D eigenvalue weighted by Gasteiger charge is 2.51. The van der Waals surface area contributed by atoms with Crippen LogP contribution in [0.5, 0.6) is 0 Å². The Kier molecular flexibility index (Phi) is 22.5. The van der Waals surface area contributed by atoms with Crippen LogP contribution in [0.3, 0.4) is 0 Å². The Morgan fingerprint density at radius 3 is 1.46 bits per heavy atom. The fourth-order valence-electron chi connectivity index (χ4n) is 11.3. The number of hydrogen-bond acceptors (Lipinski definition) is 8. The molecule has 3 atom stereocenters. The number of rotatable bonds is 34. The van der Waals surface area contributed by atoms with Crippen molar-refractivity contribution >= 4 is 86.4 Å². The molecule has 4 aromatic rings. The summed E-state index contributed by atoms with van der Waals surface area (Å²) in [6.07, 6.45) is 36.6. The molecule has 0 saturated carbocycles. The molecular weight excluding hydrogens is 997 g/mol. The van der Waals surface area contributed by atoms with E-state index in [0.717, 1.165) is 72.7 Å². The molecule has 4 aromatic heterocycles. The molecule has 0 radical (unpaired) electrons. The molecule has 4 aliphatic heterocycles. The zero-order chi connectivity index (χ0) is 50.1. The van der Waals surface area contributed by atoms with Gasteiger partial charge in [0.1, 0.15) is 0 Å². The second kappa shape index (κ2) is 29.1. The van der Waals surface area contributed by atoms with Crippen LogP contribution in [-0.4, -0.2) is 45.7 Å². The number of allylic oxidation sites excluding steroid dienone is 2. The standard InChI is InChI=1S/C62H84N2O2S6/c1-5-9-13-17-19-23-29-45(27-21-15-11-7-3)43-63-59(55-39-37-50(71-55)48-32-26-42-68-48)57-58(62(63)66)60(64(61(57)65)44-46(28-22-16-12-8-4)30-24-20-18-14-10-6-2)56-40-38-54(72-56)53-36-35-52(70-53)51-34-33-49(69-51)47-31-25-41-67-47/h25,31-38,40-41,45-46,55H,5-24,26-30,39,42-44H2,1-4H3. The minimum Gasteiger partial charge on any atom is -0.310 e. The van der Waals surface area contributed by atoms with Crippen LogP contribution >= 0.6 is 68.9 Å². The summed E-state index contributed by atoms with van der Waals surface area (Å²) in [7, 11) is 0. The van der Waals surface area contributed by atoms with E-state index in [9.17, 15) is 0 Å². The third-order valence-electron chi connectivity index (χ3n) is 15.3. The summed E-state index contributed by atoms with van der Waals surface area (Å²) in [6.45, 7) is 10.6. The molecule has 2 amide bonds. The summed E-state index contributed by atoms with van der Waals surface area (Å²) in [5.74, 6) is 2.12. The van der Waals surface area contributed by atoms with Gasteiger partial charge in [-0.1, -0.05) is 174 Å². The van der Waals surface area contributed by atoms with Crippen molar-refractivity contribution in [2.75, 3.05) is 18.8 Å². The van der Waals surface area contributed by atoms with Crippen LogP contribution in [0.4, 0.5) is 0 Å². The number of fused-ring (bicyclic) bond motifs is 1. The molecule has 0 N–H and O–H groups in total. The molecule has 0 saturated heterocycles. The maximum absolute atomic E-state index is 15.9. The van der Waals surface area contributed by atoms with E-state index in [1.165, 1.54) is 167 Å². The topological polar surface area (TPSA) is 40.6 Å². The van der Waals surface area contributed by atoms with E-state index >= 15 is 9.59 Å². The van der Waals surface area contributed by atoms with Crippen LogP contribution in [0, 0.1) is 11.8 Å². The van der Waals surface area contributed by atoms with Gasteiger partial charge in [-0.05, 0) is 98.2 Å². The molecule has 72 heavy (non-hydrogen) atoms. The molecule has 0 spiro atoms. The summed E-state index contributed by atoms with van der Waals surface area (Å²) in [5.41, 5.74) is 3.35. The average Bonchev–Trinajstić information content (AvgIpc) is 4.24. The molecule has 10 heteroatoms. The second-order valence-corrected chi connectivity index (χ2v) is 27.5. The molecule has 0 aromatic carbocycles. The molecule has 4 nitrogen and oxygen atoms in total. The van der Waals surface area contributed by atoms with E-state index in [2.05, 4.69) is 104 Å². The second-order valence-electron chi connectivity index (χ2n) is 20.9. The first-order valence-electron chi connectivity index (χ1n) is 28.6. The number of thiophene rings is 4. The van der Waals surface area contributed by atoms with Gasteiger partial charge < -0.3 is 9.80 Å². The predicted molar refractivity (Wildman–Crippen MR) is 321 cm³/mol. The number of amides is 2. The van der Waals surface area contributed by atoms with E-state index < -0.39 is 0 Å². The Hall–Kier alpha value is -2.60. The number of unbranched alkanes of at least 4 members (excludes halogenated alkanes) is 16. The van der Waals surface area contributed by atoms with Crippen molar-refractivity contribution in [1.29, 1.82) is 0 Å². The Balaban J connectivity index is 1.16. The van der Waals surface area contributed by atoms with E-state index in [1.807, 2.05) is 46.2 Å². The summed E-state index contributed by atoms with van der Waals surface area (Å²) in [5, 5.41) is 2.20. The van der Waals surface area contributed by atoms with Crippen LogP contribution in [-0.2, 0) is 9.59 Å². The van der Waals surface area contributed by atoms with Gasteiger partial charge in [0.15, 0.2) is 0 Å². The summed E-state index contributed by atoms with van der Waals surface area (Å²) in [6, 6.07) is 17.9. The molecule has 0 bridgehead atoms. The van der Waals surface area contributed by atoms with Crippen molar-refractivity contribution in [3.8, 4) is 29.3 Å². The lowest BCUT2D eigenvalue weighted by Gasteiger charge is -2.31. The van der Waals surface area contributed by atoms with Gasteiger partial charge in [0.05, 0.1) is 27.0 Å². The van der Waals surface area contributed by atoms with Gasteiger partial charge in [-0.15, -0.1) is 68.9 Å². The molecule has 8 rings (SSSR count). The van der Waals surface area contributed by atoms with Crippen molar-refractivity contribution in [2.24, 2.45) is 11.8 Å². The van der Waals surface area contributed by atoms with Gasteiger partial charge in [0, 0.05) is 63.6 Å². The van der Waals surface area contributed by atoms with Gasteiger partial charge in [-0.25, -0.2) is 0 Å². The normalized spacial score (nSPS) is 17.9. The maximum Gasteiger partial charge on any atom is 0.261 e. The van der Waals surface area contributed by atoms with Crippen LogP contribution < -0.4 is 0 Å². The largest absolute Gasteiger partial charge is 0.310 e. The van der Waals surface area contributed by atoms with Crippen molar-refractivity contribution in [3.63, 3.8) is 0 Å². The van der Waals surface area contributed by atoms with Crippen molar-refractivity contribution in [2.45, 2.75) is 200 Å². The lowest BCUT2D eigenvalue weighted by molar-refractivity contribution is -0.125. The summed E-state index contributed by atoms with van der Waals surface area (Å²) < 4.78 is 0. The lowest BCUT2D eigenvalue weighted by atomic mass is 9.93. The van der Waals surface area contributed by atoms with Crippen LogP contribution in [0.25, 0.3) is 35.0 Å². The van der Waals surface area contributed by atoms with Gasteiger partial charge in [-0.2, -0.15) is 0 Å². The van der Waals surface area contributed by atoms with Gasteiger partial charge in [0.2, 0.25) is 0 Å². The van der Waals surface area contributed by atoms with Crippen molar-refractivity contribution in [1.82, 2.24) is 9.80 Å². The first-order chi connectivity index (χ1) is 35.4. The van der Waals surface area contributed by atoms with Gasteiger partial charge >= 0.3 is 0 Å². The number of thioether (sulfide) groups is 2. The Bertz CT molecular complexity index is 2460. The third kappa shape index (κ3) is 14.5. The quantitative estimate of drug-likeness (QED) is 0.0437. The smallest absolute Gasteiger partial charge is 0.261 e. The Morgan fingerprint density at radius 1 is 0.500 bits per heavy atom. The van der Waals surface area contributed by atoms with Crippen molar-refractivity contribution in [3.05, 3.63) is 97.6 Å². The van der Waals surface area contributed by atoms with E-state index in [4.69, 9.17) is 0 Å². The number of carbonyl (C=O) groups excluding carboxylic acids is 2. The molecule has 390 valence electrons. The first kappa shape index (κ1) is 55.6. The number of hydrogen-bond donors (Lipinski definition) is 0. The fraction of sp³-hybridized carbons (Fsp3) is 0.581. The summed E-state index contributed by atoms with van der Waals surface area (Å²) >= 11 is 11.2. The highest BCUT2D eigenvalue weighted by molar-refractivity contribution is 8.09. The maximum atomic E-state index is 15.9. The zero-order valence-electron chi connectivity index (χ0n) is 44.2. The minimum atomic E-state index is 0.0486. The van der Waals surface area contributed by atoms with Gasteiger partial charge in [-0.3, -0.25) is 9.59 Å². The molecule has 8 heterocycles. The summed E-state index contributed by atoms with van der Waals surface area (Å²) in [4.78, 5) is 47.6. The Morgan fingerprint density at radius 2 is 0.958 bits per heavy atom. The highest BCUT2D eigenvalue weighted by Crippen LogP contribution is 2.54. The number of carbonyl (C=O) groups is 2. The Labute approximate surface area is 459 Å². The minimum absolute atomic E-state index is 0.0486. The highest BCUT2D eigenvalue weighted by atomic mass is 32.2. The van der Waals surface area contributed by atoms with E-state index in [-0.39, 0.29) is 17.1 Å². The van der Waals surface area contributed by atoms with E-state index in [1.54, 1.807) is 22.7 Å². The fourth-order valence-corrected chi connectivity index (χ4v) is 17.9. The predicted octanol–water partition coefficient (Wildman–Crippen LogP) is 20.7. The SMILES string of the molecule is CCCCCCCCC(CCCCCC)CN1C(=O)C2=C(C3CC=C(C4=CCCS4)S3)N(CC(CCCCCC)CCCCCCCC)C(=O)C2=C1c1ccc(-c2ccc(-c3ccc(-c4cccs4)s3)s2)s1. The van der Waals surface area contributed by atoms with Crippen LogP contribution in [0.15, 0.2) is 92.7 Å². The zero-order valence-corrected chi connectivity index (χ0v) is 49.1. The first-order valence-corrected chi connectivity index (χ1v) is 33.8. The monoisotopic (exact) mass is 1080 g/mol. The molecule has 3 unspecified atom stereocenters. The van der Waals surface area contributed by atoms with Crippen LogP contribution in [0.2, 0.25) is 0 Å². The molecule has 0 fully saturated rings. The third-order valence-corrected chi connectivity index (χ3v) is 22.6. The lowest BCUT2D eigenvalue weighted by Crippen LogP contribution is -2.37. The van der Waals surface area contributed by atoms with Crippen molar-refractivity contribution < 1.29 is 9.59 Å². The van der Waals surface area contributed by atoms with Crippen LogP contribution in [0.1, 0.15) is 200 Å². The number of nitrogens with zero attached hydrogens (tertiary/aromatic N) is 2. The average molecular weight is 1080 g/mol. The van der Waals surface area contributed by atoms with E-state index in [0.29, 0.717) is 24.0 Å². The molecular formula is C62H84N2O2S6.